The molecule has 0 saturated heterocycles. The molecule has 1 fully saturated rings. The zero-order chi connectivity index (χ0) is 11.9. The maximum absolute atomic E-state index is 11.8. The monoisotopic (exact) mass is 224 g/mol. The second kappa shape index (κ2) is 3.89. The van der Waals surface area contributed by atoms with Crippen LogP contribution in [0, 0.1) is 11.3 Å². The molecule has 0 aliphatic heterocycles. The average Bonchev–Trinajstić information content (AvgIpc) is 2.31. The molecule has 0 aromatic rings. The van der Waals surface area contributed by atoms with E-state index in [0.717, 1.165) is 6.42 Å². The summed E-state index contributed by atoms with van der Waals surface area (Å²) in [4.78, 5) is 11.8. The Morgan fingerprint density at radius 2 is 2.07 bits per heavy atom. The molecule has 0 spiro atoms. The minimum Gasteiger partial charge on any atom is -0.299 e. The molecule has 0 heterocycles. The number of hydrogen-bond donors (Lipinski definition) is 0. The molecule has 86 valence electrons. The van der Waals surface area contributed by atoms with E-state index >= 15 is 0 Å². The number of rotatable bonds is 3. The first-order valence-electron chi connectivity index (χ1n) is 5.87. The summed E-state index contributed by atoms with van der Waals surface area (Å²) in [5, 5.41) is 0. The van der Waals surface area contributed by atoms with Gasteiger partial charge in [0.25, 0.3) is 0 Å². The molecular weight excluding hydrogens is 200 g/mol. The second-order valence-electron chi connectivity index (χ2n) is 6.36. The van der Waals surface area contributed by atoms with Gasteiger partial charge in [0.05, 0.1) is 0 Å². The summed E-state index contributed by atoms with van der Waals surface area (Å²) in [5.41, 5.74) is 0.943. The van der Waals surface area contributed by atoms with Crippen LogP contribution in [-0.4, -0.2) is 13.9 Å². The highest BCUT2D eigenvalue weighted by atomic mass is 28.3. The van der Waals surface area contributed by atoms with E-state index in [1.165, 1.54) is 18.0 Å². The number of ketones is 1. The van der Waals surface area contributed by atoms with Crippen LogP contribution in [0.25, 0.3) is 0 Å². The van der Waals surface area contributed by atoms with Crippen LogP contribution in [0.4, 0.5) is 0 Å². The highest BCUT2D eigenvalue weighted by molar-refractivity contribution is 6.76. The van der Waals surface area contributed by atoms with Gasteiger partial charge in [-0.05, 0) is 32.6 Å². The van der Waals surface area contributed by atoms with E-state index in [4.69, 9.17) is 0 Å². The highest BCUT2D eigenvalue weighted by Gasteiger charge is 2.46. The van der Waals surface area contributed by atoms with Crippen LogP contribution in [0.5, 0.6) is 0 Å². The third kappa shape index (κ3) is 2.41. The van der Waals surface area contributed by atoms with Gasteiger partial charge in [0.15, 0.2) is 0 Å². The number of Topliss-reactive ketones (excluding diaryl/α,β-unsaturated/α-hetero) is 1. The van der Waals surface area contributed by atoms with Crippen LogP contribution >= 0.6 is 0 Å². The lowest BCUT2D eigenvalue weighted by atomic mass is 9.75. The first-order chi connectivity index (χ1) is 6.68. The summed E-state index contributed by atoms with van der Waals surface area (Å²) in [6.45, 7) is 15.1. The molecule has 0 radical (unpaired) electrons. The Kier molecular flexibility index (Phi) is 3.29. The molecule has 0 aromatic carbocycles. The molecule has 1 nitrogen and oxygen atoms in total. The highest BCUT2D eigenvalue weighted by Crippen LogP contribution is 2.50. The minimum atomic E-state index is -1.08. The Labute approximate surface area is 95.0 Å². The van der Waals surface area contributed by atoms with Gasteiger partial charge in [-0.2, -0.15) is 0 Å². The van der Waals surface area contributed by atoms with Gasteiger partial charge in [-0.25, -0.2) is 0 Å². The van der Waals surface area contributed by atoms with Crippen LogP contribution in [0.3, 0.4) is 0 Å². The first-order valence-corrected chi connectivity index (χ1v) is 9.58. The zero-order valence-electron chi connectivity index (χ0n) is 10.8. The Balaban J connectivity index is 2.91. The third-order valence-electron chi connectivity index (χ3n) is 3.94. The van der Waals surface area contributed by atoms with E-state index in [1.54, 1.807) is 6.92 Å². The lowest BCUT2D eigenvalue weighted by Crippen LogP contribution is -2.36. The molecule has 0 aromatic heterocycles. The molecule has 2 atom stereocenters. The van der Waals surface area contributed by atoms with Crippen molar-refractivity contribution in [3.05, 3.63) is 12.2 Å². The van der Waals surface area contributed by atoms with Gasteiger partial charge < -0.3 is 0 Å². The van der Waals surface area contributed by atoms with Crippen LogP contribution in [-0.2, 0) is 4.79 Å². The molecular formula is C13H24OSi. The second-order valence-corrected chi connectivity index (χ2v) is 11.9. The largest absolute Gasteiger partial charge is 0.299 e. The molecule has 1 aliphatic carbocycles. The van der Waals surface area contributed by atoms with E-state index < -0.39 is 8.07 Å². The fraction of sp³-hybridized carbons (Fsp3) is 0.769. The Hall–Kier alpha value is -0.373. The maximum atomic E-state index is 11.8. The van der Waals surface area contributed by atoms with Crippen molar-refractivity contribution in [2.75, 3.05) is 0 Å². The van der Waals surface area contributed by atoms with E-state index in [0.29, 0.717) is 11.7 Å². The Morgan fingerprint density at radius 1 is 1.53 bits per heavy atom. The van der Waals surface area contributed by atoms with Crippen molar-refractivity contribution in [1.29, 1.82) is 0 Å². The molecule has 2 heteroatoms. The summed E-state index contributed by atoms with van der Waals surface area (Å²) < 4.78 is 0. The van der Waals surface area contributed by atoms with E-state index in [9.17, 15) is 4.79 Å². The third-order valence-corrected chi connectivity index (χ3v) is 5.65. The molecule has 0 N–H and O–H groups in total. The first kappa shape index (κ1) is 12.7. The zero-order valence-corrected chi connectivity index (χ0v) is 11.8. The van der Waals surface area contributed by atoms with Crippen molar-refractivity contribution in [3.63, 3.8) is 0 Å². The number of carbonyl (C=O) groups excluding carboxylic acids is 1. The fourth-order valence-electron chi connectivity index (χ4n) is 2.77. The van der Waals surface area contributed by atoms with E-state index in [2.05, 4.69) is 33.1 Å². The van der Waals surface area contributed by atoms with Gasteiger partial charge in [-0.3, -0.25) is 4.79 Å². The van der Waals surface area contributed by atoms with Gasteiger partial charge in [0, 0.05) is 13.5 Å². The lowest BCUT2D eigenvalue weighted by Gasteiger charge is -2.33. The van der Waals surface area contributed by atoms with Crippen molar-refractivity contribution >= 4 is 13.9 Å². The summed E-state index contributed by atoms with van der Waals surface area (Å²) in [5.74, 6) is 0.863. The van der Waals surface area contributed by atoms with Crippen molar-refractivity contribution in [3.8, 4) is 0 Å². The average molecular weight is 224 g/mol. The molecule has 1 saturated carbocycles. The quantitative estimate of drug-likeness (QED) is 0.525. The van der Waals surface area contributed by atoms with Crippen molar-refractivity contribution in [2.24, 2.45) is 11.3 Å². The Morgan fingerprint density at radius 3 is 2.47 bits per heavy atom. The lowest BCUT2D eigenvalue weighted by molar-refractivity contribution is -0.125. The van der Waals surface area contributed by atoms with Crippen molar-refractivity contribution in [2.45, 2.75) is 52.4 Å². The van der Waals surface area contributed by atoms with Gasteiger partial charge in [0.2, 0.25) is 0 Å². The van der Waals surface area contributed by atoms with Crippen LogP contribution in [0.1, 0.15) is 26.7 Å². The normalized spacial score (nSPS) is 32.1. The number of carbonyl (C=O) groups is 1. The smallest absolute Gasteiger partial charge is 0.139 e. The molecule has 15 heavy (non-hydrogen) atoms. The summed E-state index contributed by atoms with van der Waals surface area (Å²) in [7, 11) is -1.08. The van der Waals surface area contributed by atoms with Crippen LogP contribution in [0.2, 0.25) is 25.7 Å². The standard InChI is InChI=1S/C13H24OSi/c1-10-7-8-12(9-15(4,5)6)13(10,3)11(2)14/h12H,1,7-9H2,2-6H3/t12-,13-/m1/s1. The minimum absolute atomic E-state index is 0.222. The Bertz CT molecular complexity index is 287. The SMILES string of the molecule is C=C1CC[C@H](C[Si](C)(C)C)[C@@]1(C)C(C)=O. The predicted molar refractivity (Wildman–Crippen MR) is 68.8 cm³/mol. The number of allylic oxidation sites excluding steroid dienone is 1. The fourth-order valence-corrected chi connectivity index (χ4v) is 4.86. The molecule has 0 amide bonds. The van der Waals surface area contributed by atoms with Gasteiger partial charge in [-0.1, -0.05) is 37.8 Å². The molecule has 0 unspecified atom stereocenters. The summed E-state index contributed by atoms with van der Waals surface area (Å²) in [6, 6.07) is 1.25. The van der Waals surface area contributed by atoms with E-state index in [-0.39, 0.29) is 5.41 Å². The maximum Gasteiger partial charge on any atom is 0.139 e. The topological polar surface area (TPSA) is 17.1 Å². The molecule has 1 aliphatic rings. The van der Waals surface area contributed by atoms with Gasteiger partial charge >= 0.3 is 0 Å². The van der Waals surface area contributed by atoms with Crippen LogP contribution in [0.15, 0.2) is 12.2 Å². The van der Waals surface area contributed by atoms with Crippen molar-refractivity contribution < 1.29 is 4.79 Å². The van der Waals surface area contributed by atoms with E-state index in [1.807, 2.05) is 0 Å². The summed E-state index contributed by atoms with van der Waals surface area (Å²) >= 11 is 0. The van der Waals surface area contributed by atoms with Gasteiger partial charge in [0.1, 0.15) is 5.78 Å². The molecule has 1 rings (SSSR count). The van der Waals surface area contributed by atoms with Crippen LogP contribution < -0.4 is 0 Å². The number of hydrogen-bond acceptors (Lipinski definition) is 1. The van der Waals surface area contributed by atoms with Gasteiger partial charge in [-0.15, -0.1) is 0 Å². The summed E-state index contributed by atoms with van der Waals surface area (Å²) in [6.07, 6.45) is 2.21. The molecule has 0 bridgehead atoms. The van der Waals surface area contributed by atoms with Crippen molar-refractivity contribution in [1.82, 2.24) is 0 Å². The predicted octanol–water partition coefficient (Wildman–Crippen LogP) is 3.89.